The molecular weight excluding hydrogens is 431 g/mol. The van der Waals surface area contributed by atoms with Crippen LogP contribution < -0.4 is 0 Å². The largest absolute Gasteiger partial charge is 0.475 e. The molecule has 8 heteroatoms. The number of hydrogen-bond donors (Lipinski definition) is 3. The average Bonchev–Trinajstić information content (AvgIpc) is 2.67. The molecule has 3 aliphatic carbocycles. The zero-order chi connectivity index (χ0) is 22.8. The van der Waals surface area contributed by atoms with Gasteiger partial charge in [-0.3, -0.25) is 13.6 Å². The van der Waals surface area contributed by atoms with Crippen molar-refractivity contribution in [2.45, 2.75) is 57.8 Å². The summed E-state index contributed by atoms with van der Waals surface area (Å²) in [6, 6.07) is 0. The van der Waals surface area contributed by atoms with Gasteiger partial charge in [0.2, 0.25) is 0 Å². The maximum atomic E-state index is 13.2. The maximum absolute atomic E-state index is 13.2. The van der Waals surface area contributed by atoms with Gasteiger partial charge in [0.1, 0.15) is 0 Å². The quantitative estimate of drug-likeness (QED) is 0.242. The summed E-state index contributed by atoms with van der Waals surface area (Å²) in [7, 11) is -3.86. The highest BCUT2D eigenvalue weighted by Crippen LogP contribution is 2.50. The highest BCUT2D eigenvalue weighted by atomic mass is 31.2. The molecule has 3 fully saturated rings. The van der Waals surface area contributed by atoms with E-state index in [1.54, 1.807) is 18.2 Å². The summed E-state index contributed by atoms with van der Waals surface area (Å²) in [5.41, 5.74) is 2.72. The molecule has 0 aromatic carbocycles. The van der Waals surface area contributed by atoms with Crippen molar-refractivity contribution in [3.63, 3.8) is 0 Å². The van der Waals surface area contributed by atoms with Crippen LogP contribution in [0, 0.1) is 17.8 Å². The first-order valence-electron chi connectivity index (χ1n) is 12.0. The van der Waals surface area contributed by atoms with Crippen LogP contribution in [0.15, 0.2) is 34.9 Å². The Morgan fingerprint density at radius 3 is 1.09 bits per heavy atom. The molecule has 3 saturated carbocycles. The predicted molar refractivity (Wildman–Crippen MR) is 123 cm³/mol. The van der Waals surface area contributed by atoms with E-state index in [0.29, 0.717) is 17.8 Å². The predicted octanol–water partition coefficient (Wildman–Crippen LogP) is 4.30. The third-order valence-electron chi connectivity index (χ3n) is 7.17. The van der Waals surface area contributed by atoms with Crippen LogP contribution in [-0.4, -0.2) is 55.0 Å². The maximum Gasteiger partial charge on any atom is 0.475 e. The van der Waals surface area contributed by atoms with Crippen molar-refractivity contribution >= 4 is 7.82 Å². The highest BCUT2D eigenvalue weighted by molar-refractivity contribution is 7.48. The van der Waals surface area contributed by atoms with E-state index in [4.69, 9.17) is 13.6 Å². The van der Waals surface area contributed by atoms with E-state index in [0.717, 1.165) is 74.5 Å². The van der Waals surface area contributed by atoms with Gasteiger partial charge in [-0.2, -0.15) is 0 Å². The van der Waals surface area contributed by atoms with Crippen molar-refractivity contribution in [3.8, 4) is 0 Å². The summed E-state index contributed by atoms with van der Waals surface area (Å²) in [4.78, 5) is 0. The fraction of sp³-hybridized carbons (Fsp3) is 0.750. The molecule has 0 aliphatic heterocycles. The number of aliphatic hydroxyl groups excluding tert-OH is 3. The summed E-state index contributed by atoms with van der Waals surface area (Å²) in [5, 5.41) is 28.8. The lowest BCUT2D eigenvalue weighted by atomic mass is 9.80. The third-order valence-corrected chi connectivity index (χ3v) is 8.57. The molecule has 0 spiro atoms. The summed E-state index contributed by atoms with van der Waals surface area (Å²) >= 11 is 0. The van der Waals surface area contributed by atoms with Crippen LogP contribution in [0.25, 0.3) is 0 Å². The van der Waals surface area contributed by atoms with Gasteiger partial charge in [0.05, 0.1) is 39.6 Å². The first kappa shape index (κ1) is 25.8. The molecule has 0 heterocycles. The summed E-state index contributed by atoms with van der Waals surface area (Å²) in [6.45, 7) is -0.0117. The second-order valence-corrected chi connectivity index (χ2v) is 10.7. The number of phosphoric acid groups is 1. The molecule has 182 valence electrons. The lowest BCUT2D eigenvalue weighted by Gasteiger charge is -2.28. The molecule has 3 aliphatic rings. The molecule has 0 amide bonds. The minimum absolute atomic E-state index is 0.0298. The zero-order valence-electron chi connectivity index (χ0n) is 19.0. The van der Waals surface area contributed by atoms with E-state index in [2.05, 4.69) is 0 Å². The Labute approximate surface area is 191 Å². The summed E-state index contributed by atoms with van der Waals surface area (Å²) < 4.78 is 29.9. The molecule has 32 heavy (non-hydrogen) atoms. The van der Waals surface area contributed by atoms with Crippen LogP contribution in [0.1, 0.15) is 57.8 Å². The Morgan fingerprint density at radius 1 is 0.625 bits per heavy atom. The molecule has 0 bridgehead atoms. The SMILES string of the molecule is O=P(OC/C=C(\CO)C1CCC1)(OC/C=C(\CO)C1CCC1)OC/C=C(\CO)C1CCC1. The zero-order valence-corrected chi connectivity index (χ0v) is 19.9. The van der Waals surface area contributed by atoms with Gasteiger partial charge in [-0.25, -0.2) is 4.57 Å². The van der Waals surface area contributed by atoms with Crippen molar-refractivity contribution in [3.05, 3.63) is 34.9 Å². The molecule has 0 radical (unpaired) electrons. The lowest BCUT2D eigenvalue weighted by molar-refractivity contribution is 0.138. The van der Waals surface area contributed by atoms with Crippen LogP contribution in [0.2, 0.25) is 0 Å². The van der Waals surface area contributed by atoms with Gasteiger partial charge in [-0.05, 0) is 73.0 Å². The Bertz CT molecular complexity index is 623. The fourth-order valence-electron chi connectivity index (χ4n) is 4.24. The van der Waals surface area contributed by atoms with Crippen molar-refractivity contribution in [1.82, 2.24) is 0 Å². The Kier molecular flexibility index (Phi) is 10.6. The van der Waals surface area contributed by atoms with Crippen molar-refractivity contribution in [1.29, 1.82) is 0 Å². The Hall–Kier alpha value is -0.790. The molecule has 0 saturated heterocycles. The lowest BCUT2D eigenvalue weighted by Crippen LogP contribution is -2.17. The van der Waals surface area contributed by atoms with E-state index in [1.165, 1.54) is 0 Å². The molecule has 0 unspecified atom stereocenters. The van der Waals surface area contributed by atoms with Gasteiger partial charge in [0.15, 0.2) is 0 Å². The van der Waals surface area contributed by atoms with E-state index in [-0.39, 0.29) is 39.6 Å². The standard InChI is InChI=1S/C24H39O7P/c25-16-22(19-4-1-5-19)10-13-29-32(28,30-14-11-23(17-26)20-6-2-7-20)31-15-12-24(18-27)21-8-3-9-21/h10-12,19-21,25-27H,1-9,13-18H2/b22-10+,23-11+,24-12+. The number of phosphoric ester groups is 1. The molecule has 0 atom stereocenters. The minimum Gasteiger partial charge on any atom is -0.392 e. The average molecular weight is 471 g/mol. The summed E-state index contributed by atoms with van der Waals surface area (Å²) in [6.07, 6.45) is 15.2. The molecule has 3 N–H and O–H groups in total. The third kappa shape index (κ3) is 7.36. The second kappa shape index (κ2) is 13.2. The molecule has 7 nitrogen and oxygen atoms in total. The number of aliphatic hydroxyl groups is 3. The minimum atomic E-state index is -3.86. The van der Waals surface area contributed by atoms with E-state index >= 15 is 0 Å². The summed E-state index contributed by atoms with van der Waals surface area (Å²) in [5.74, 6) is 1.12. The van der Waals surface area contributed by atoms with Gasteiger partial charge in [-0.15, -0.1) is 0 Å². The first-order chi connectivity index (χ1) is 15.6. The van der Waals surface area contributed by atoms with E-state index in [1.807, 2.05) is 0 Å². The van der Waals surface area contributed by atoms with Gasteiger partial charge >= 0.3 is 7.82 Å². The van der Waals surface area contributed by atoms with Crippen molar-refractivity contribution in [2.24, 2.45) is 17.8 Å². The molecular formula is C24H39O7P. The Morgan fingerprint density at radius 2 is 0.906 bits per heavy atom. The smallest absolute Gasteiger partial charge is 0.392 e. The van der Waals surface area contributed by atoms with E-state index < -0.39 is 7.82 Å². The monoisotopic (exact) mass is 470 g/mol. The van der Waals surface area contributed by atoms with Gasteiger partial charge in [0.25, 0.3) is 0 Å². The highest BCUT2D eigenvalue weighted by Gasteiger charge is 2.28. The molecule has 0 aromatic rings. The number of rotatable bonds is 15. The van der Waals surface area contributed by atoms with Gasteiger partial charge < -0.3 is 15.3 Å². The normalized spacial score (nSPS) is 21.9. The topological polar surface area (TPSA) is 105 Å². The van der Waals surface area contributed by atoms with Crippen LogP contribution in [-0.2, 0) is 18.1 Å². The van der Waals surface area contributed by atoms with Gasteiger partial charge in [-0.1, -0.05) is 37.5 Å². The fourth-order valence-corrected chi connectivity index (χ4v) is 5.23. The number of hydrogen-bond acceptors (Lipinski definition) is 7. The van der Waals surface area contributed by atoms with Crippen LogP contribution in [0.5, 0.6) is 0 Å². The first-order valence-corrected chi connectivity index (χ1v) is 13.5. The Balaban J connectivity index is 1.58. The second-order valence-electron chi connectivity index (χ2n) is 9.03. The van der Waals surface area contributed by atoms with Crippen LogP contribution in [0.4, 0.5) is 0 Å². The van der Waals surface area contributed by atoms with Crippen LogP contribution >= 0.6 is 7.82 Å². The van der Waals surface area contributed by atoms with E-state index in [9.17, 15) is 19.9 Å². The molecule has 3 rings (SSSR count). The van der Waals surface area contributed by atoms with Gasteiger partial charge in [0, 0.05) is 0 Å². The van der Waals surface area contributed by atoms with Crippen LogP contribution in [0.3, 0.4) is 0 Å². The van der Waals surface area contributed by atoms with Crippen molar-refractivity contribution < 1.29 is 33.5 Å². The van der Waals surface area contributed by atoms with Crippen molar-refractivity contribution in [2.75, 3.05) is 39.6 Å². The molecule has 0 aromatic heterocycles.